The van der Waals surface area contributed by atoms with Gasteiger partial charge in [0.05, 0.1) is 6.04 Å². The lowest BCUT2D eigenvalue weighted by Gasteiger charge is -2.48. The summed E-state index contributed by atoms with van der Waals surface area (Å²) in [5.74, 6) is 0.867. The summed E-state index contributed by atoms with van der Waals surface area (Å²) in [6, 6.07) is 9.63. The van der Waals surface area contributed by atoms with Crippen molar-refractivity contribution in [2.45, 2.75) is 45.3 Å². The van der Waals surface area contributed by atoms with E-state index < -0.39 is 0 Å². The van der Waals surface area contributed by atoms with Gasteiger partial charge in [-0.2, -0.15) is 0 Å². The first-order valence-electron chi connectivity index (χ1n) is 9.39. The molecular formula is C21H25NO3. The van der Waals surface area contributed by atoms with Gasteiger partial charge in [-0.15, -0.1) is 0 Å². The molecule has 1 amide bonds. The van der Waals surface area contributed by atoms with Gasteiger partial charge in [0.15, 0.2) is 0 Å². The van der Waals surface area contributed by atoms with E-state index in [0.717, 1.165) is 31.2 Å². The molecule has 1 aromatic carbocycles. The van der Waals surface area contributed by atoms with Crippen molar-refractivity contribution in [3.63, 3.8) is 0 Å². The van der Waals surface area contributed by atoms with E-state index in [2.05, 4.69) is 13.0 Å². The largest absolute Gasteiger partial charge is 0.445 e. The number of Topliss-reactive ketones (excluding diaryl/α,β-unsaturated/α-hetero) is 1. The minimum Gasteiger partial charge on any atom is -0.445 e. The molecule has 0 radical (unpaired) electrons. The van der Waals surface area contributed by atoms with Crippen molar-refractivity contribution < 1.29 is 14.3 Å². The summed E-state index contributed by atoms with van der Waals surface area (Å²) < 4.78 is 5.57. The number of carbonyl (C=O) groups is 2. The average molecular weight is 339 g/mol. The van der Waals surface area contributed by atoms with Gasteiger partial charge in [0, 0.05) is 18.4 Å². The lowest BCUT2D eigenvalue weighted by molar-refractivity contribution is -0.128. The highest BCUT2D eigenvalue weighted by molar-refractivity contribution is 5.87. The van der Waals surface area contributed by atoms with E-state index in [1.807, 2.05) is 35.2 Å². The van der Waals surface area contributed by atoms with Crippen LogP contribution in [-0.4, -0.2) is 29.4 Å². The van der Waals surface area contributed by atoms with Crippen LogP contribution in [-0.2, 0) is 16.1 Å². The standard InChI is InChI=1S/C21H25NO3/c1-2-16-10-15-11-18(20(23)17-8-9-17)19(16)22(12-15)21(24)25-13-14-6-4-3-5-7-14/h3-7,10,15,17-19H,2,8-9,11-13H2,1H3/t15-,18+,19+/m1/s1. The summed E-state index contributed by atoms with van der Waals surface area (Å²) in [4.78, 5) is 27.3. The van der Waals surface area contributed by atoms with Crippen molar-refractivity contribution in [3.8, 4) is 0 Å². The van der Waals surface area contributed by atoms with E-state index in [4.69, 9.17) is 4.74 Å². The normalized spacial score (nSPS) is 27.8. The summed E-state index contributed by atoms with van der Waals surface area (Å²) >= 11 is 0. The molecule has 2 aliphatic carbocycles. The third-order valence-electron chi connectivity index (χ3n) is 5.73. The zero-order valence-electron chi connectivity index (χ0n) is 14.7. The Hall–Kier alpha value is -2.10. The molecule has 3 atom stereocenters. The monoisotopic (exact) mass is 339 g/mol. The van der Waals surface area contributed by atoms with Crippen LogP contribution >= 0.6 is 0 Å². The first kappa shape index (κ1) is 16.4. The van der Waals surface area contributed by atoms with Gasteiger partial charge in [-0.05, 0) is 37.2 Å². The molecule has 2 fully saturated rings. The van der Waals surface area contributed by atoms with Crippen molar-refractivity contribution in [2.24, 2.45) is 17.8 Å². The third kappa shape index (κ3) is 3.22. The Balaban J connectivity index is 1.49. The Morgan fingerprint density at radius 1 is 1.20 bits per heavy atom. The molecule has 25 heavy (non-hydrogen) atoms. The Morgan fingerprint density at radius 2 is 1.96 bits per heavy atom. The predicted molar refractivity (Wildman–Crippen MR) is 94.8 cm³/mol. The van der Waals surface area contributed by atoms with Crippen molar-refractivity contribution in [2.75, 3.05) is 6.54 Å². The van der Waals surface area contributed by atoms with Crippen molar-refractivity contribution in [1.82, 2.24) is 4.90 Å². The summed E-state index contributed by atoms with van der Waals surface area (Å²) in [7, 11) is 0. The quantitative estimate of drug-likeness (QED) is 0.763. The molecule has 1 saturated carbocycles. The second-order valence-corrected chi connectivity index (χ2v) is 7.51. The summed E-state index contributed by atoms with van der Waals surface area (Å²) in [5.41, 5.74) is 2.22. The number of ether oxygens (including phenoxy) is 1. The van der Waals surface area contributed by atoms with Crippen LogP contribution in [0.15, 0.2) is 42.0 Å². The molecule has 2 aliphatic heterocycles. The first-order chi connectivity index (χ1) is 12.2. The number of benzene rings is 1. The van der Waals surface area contributed by atoms with Gasteiger partial charge < -0.3 is 9.64 Å². The molecule has 0 N–H and O–H groups in total. The van der Waals surface area contributed by atoms with Crippen LogP contribution in [0.25, 0.3) is 0 Å². The molecule has 4 aliphatic rings. The van der Waals surface area contributed by atoms with Crippen molar-refractivity contribution in [1.29, 1.82) is 0 Å². The minimum atomic E-state index is -0.286. The molecule has 0 aromatic heterocycles. The molecule has 1 saturated heterocycles. The van der Waals surface area contributed by atoms with Gasteiger partial charge in [0.1, 0.15) is 12.4 Å². The molecule has 0 unspecified atom stereocenters. The number of amides is 1. The van der Waals surface area contributed by atoms with E-state index in [1.54, 1.807) is 0 Å². The molecular weight excluding hydrogens is 314 g/mol. The molecule has 0 spiro atoms. The summed E-state index contributed by atoms with van der Waals surface area (Å²) in [5, 5.41) is 0. The number of rotatable bonds is 5. The van der Waals surface area contributed by atoms with Crippen LogP contribution in [0.2, 0.25) is 0 Å². The maximum absolute atomic E-state index is 12.8. The summed E-state index contributed by atoms with van der Waals surface area (Å²) in [6.07, 6.45) is 5.84. The second-order valence-electron chi connectivity index (χ2n) is 7.51. The molecule has 5 rings (SSSR count). The van der Waals surface area contributed by atoms with Gasteiger partial charge in [0.25, 0.3) is 0 Å². The molecule has 4 nitrogen and oxygen atoms in total. The van der Waals surface area contributed by atoms with Gasteiger partial charge in [-0.25, -0.2) is 4.79 Å². The smallest absolute Gasteiger partial charge is 0.410 e. The van der Waals surface area contributed by atoms with E-state index in [-0.39, 0.29) is 36.5 Å². The first-order valence-corrected chi connectivity index (χ1v) is 9.39. The average Bonchev–Trinajstić information content (AvgIpc) is 3.51. The number of fused-ring (bicyclic) bond motifs is 2. The zero-order chi connectivity index (χ0) is 17.4. The highest BCUT2D eigenvalue weighted by Crippen LogP contribution is 2.44. The maximum atomic E-state index is 12.8. The van der Waals surface area contributed by atoms with Gasteiger partial charge in [-0.3, -0.25) is 4.79 Å². The van der Waals surface area contributed by atoms with Crippen molar-refractivity contribution in [3.05, 3.63) is 47.5 Å². The van der Waals surface area contributed by atoms with Crippen LogP contribution in [0.3, 0.4) is 0 Å². The highest BCUT2D eigenvalue weighted by atomic mass is 16.6. The topological polar surface area (TPSA) is 46.6 Å². The number of carbonyl (C=O) groups excluding carboxylic acids is 2. The van der Waals surface area contributed by atoms with Gasteiger partial charge >= 0.3 is 6.09 Å². The molecule has 1 aromatic rings. The molecule has 2 heterocycles. The van der Waals surface area contributed by atoms with Crippen LogP contribution in [0.5, 0.6) is 0 Å². The maximum Gasteiger partial charge on any atom is 0.410 e. The van der Waals surface area contributed by atoms with E-state index in [9.17, 15) is 9.59 Å². The summed E-state index contributed by atoms with van der Waals surface area (Å²) in [6.45, 7) is 3.06. The fourth-order valence-electron chi connectivity index (χ4n) is 4.35. The van der Waals surface area contributed by atoms with Crippen molar-refractivity contribution >= 4 is 11.9 Å². The van der Waals surface area contributed by atoms with Crippen LogP contribution in [0.1, 0.15) is 38.2 Å². The Labute approximate surface area is 148 Å². The second kappa shape index (κ2) is 6.66. The molecule has 132 valence electrons. The SMILES string of the molecule is CCC1=C[C@@H]2C[C@H](C(=O)C3CC3)[C@H]1N(C(=O)OCc1ccccc1)C2. The number of ketones is 1. The number of nitrogens with zero attached hydrogens (tertiary/aromatic N) is 1. The van der Waals surface area contributed by atoms with E-state index in [1.165, 1.54) is 5.57 Å². The molecule has 4 heteroatoms. The van der Waals surface area contributed by atoms with Gasteiger partial charge in [0.2, 0.25) is 0 Å². The Kier molecular flexibility index (Phi) is 4.36. The minimum absolute atomic E-state index is 0.0320. The number of hydrogen-bond donors (Lipinski definition) is 0. The van der Waals surface area contributed by atoms with E-state index >= 15 is 0 Å². The number of hydrogen-bond acceptors (Lipinski definition) is 3. The predicted octanol–water partition coefficient (Wildman–Crippen LogP) is 3.96. The Morgan fingerprint density at radius 3 is 2.64 bits per heavy atom. The fraction of sp³-hybridized carbons (Fsp3) is 0.524. The molecule has 2 bridgehead atoms. The van der Waals surface area contributed by atoms with Gasteiger partial charge in [-0.1, -0.05) is 48.9 Å². The third-order valence-corrected chi connectivity index (χ3v) is 5.73. The van der Waals surface area contributed by atoms with Crippen LogP contribution in [0, 0.1) is 17.8 Å². The number of piperidine rings is 1. The highest BCUT2D eigenvalue weighted by Gasteiger charge is 2.49. The lowest BCUT2D eigenvalue weighted by atomic mass is 9.70. The Bertz CT molecular complexity index is 692. The van der Waals surface area contributed by atoms with E-state index in [0.29, 0.717) is 12.3 Å². The zero-order valence-corrected chi connectivity index (χ0v) is 14.7. The van der Waals surface area contributed by atoms with Crippen LogP contribution < -0.4 is 0 Å². The lowest BCUT2D eigenvalue weighted by Crippen LogP contribution is -2.57. The fourth-order valence-corrected chi connectivity index (χ4v) is 4.35. The van der Waals surface area contributed by atoms with Crippen LogP contribution in [0.4, 0.5) is 4.79 Å².